The highest BCUT2D eigenvalue weighted by Crippen LogP contribution is 2.30. The summed E-state index contributed by atoms with van der Waals surface area (Å²) in [5.74, 6) is 1.71. The summed E-state index contributed by atoms with van der Waals surface area (Å²) < 4.78 is 12.7. The molecular formula is C22H24N6O2. The average molecular weight is 404 g/mol. The van der Waals surface area contributed by atoms with E-state index in [1.54, 1.807) is 24.2 Å². The molecule has 1 fully saturated rings. The molecule has 0 bridgehead atoms. The zero-order valence-corrected chi connectivity index (χ0v) is 16.9. The molecule has 0 atom stereocenters. The van der Waals surface area contributed by atoms with Gasteiger partial charge in [-0.15, -0.1) is 0 Å². The van der Waals surface area contributed by atoms with Crippen molar-refractivity contribution in [2.24, 2.45) is 5.92 Å². The number of hydrogen-bond donors (Lipinski definition) is 1. The third-order valence-corrected chi connectivity index (χ3v) is 5.16. The standard InChI is InChI=1S/C22H24N6O2/c1-29-10-9-28-14-19(13-25-28)26-22-24-8-7-20(27-22)17-5-6-21(18(11-17)12-23)30-15-16-3-2-4-16/h5-8,11,13-14,16H,2-4,9-10,15H2,1H3,(H,24,26,27). The maximum atomic E-state index is 9.55. The van der Waals surface area contributed by atoms with Crippen molar-refractivity contribution in [3.8, 4) is 23.1 Å². The Kier molecular flexibility index (Phi) is 6.20. The summed E-state index contributed by atoms with van der Waals surface area (Å²) in [5.41, 5.74) is 2.87. The fourth-order valence-corrected chi connectivity index (χ4v) is 3.21. The van der Waals surface area contributed by atoms with Crippen molar-refractivity contribution in [2.75, 3.05) is 25.6 Å². The molecule has 0 saturated heterocycles. The number of nitrogens with zero attached hydrogens (tertiary/aromatic N) is 5. The summed E-state index contributed by atoms with van der Waals surface area (Å²) in [6, 6.07) is 9.63. The van der Waals surface area contributed by atoms with Gasteiger partial charge in [0.1, 0.15) is 11.8 Å². The molecule has 1 aromatic carbocycles. The lowest BCUT2D eigenvalue weighted by molar-refractivity contribution is 0.180. The minimum atomic E-state index is 0.461. The van der Waals surface area contributed by atoms with Crippen molar-refractivity contribution < 1.29 is 9.47 Å². The molecule has 0 spiro atoms. The highest BCUT2D eigenvalue weighted by atomic mass is 16.5. The predicted molar refractivity (Wildman–Crippen MR) is 112 cm³/mol. The Bertz CT molecular complexity index is 1040. The molecule has 1 aliphatic rings. The molecule has 0 radical (unpaired) electrons. The smallest absolute Gasteiger partial charge is 0.227 e. The van der Waals surface area contributed by atoms with E-state index < -0.39 is 0 Å². The second kappa shape index (κ2) is 9.37. The van der Waals surface area contributed by atoms with E-state index >= 15 is 0 Å². The van der Waals surface area contributed by atoms with Gasteiger partial charge in [-0.25, -0.2) is 9.97 Å². The molecule has 0 aliphatic heterocycles. The van der Waals surface area contributed by atoms with E-state index in [-0.39, 0.29) is 0 Å². The van der Waals surface area contributed by atoms with E-state index in [0.29, 0.717) is 42.9 Å². The van der Waals surface area contributed by atoms with Crippen molar-refractivity contribution in [1.29, 1.82) is 5.26 Å². The van der Waals surface area contributed by atoms with E-state index in [2.05, 4.69) is 26.5 Å². The Morgan fingerprint density at radius 2 is 2.20 bits per heavy atom. The Hall–Kier alpha value is -3.44. The van der Waals surface area contributed by atoms with Crippen LogP contribution >= 0.6 is 0 Å². The summed E-state index contributed by atoms with van der Waals surface area (Å²) in [6.07, 6.45) is 8.97. The number of rotatable bonds is 9. The maximum Gasteiger partial charge on any atom is 0.227 e. The number of aromatic nitrogens is 4. The van der Waals surface area contributed by atoms with Gasteiger partial charge in [-0.1, -0.05) is 6.42 Å². The second-order valence-electron chi connectivity index (χ2n) is 7.31. The van der Waals surface area contributed by atoms with Crippen LogP contribution in [0.5, 0.6) is 5.75 Å². The zero-order chi connectivity index (χ0) is 20.8. The first-order valence-electron chi connectivity index (χ1n) is 10.0. The van der Waals surface area contributed by atoms with E-state index in [1.165, 1.54) is 19.3 Å². The van der Waals surface area contributed by atoms with Crippen LogP contribution in [0, 0.1) is 17.2 Å². The molecule has 30 heavy (non-hydrogen) atoms. The van der Waals surface area contributed by atoms with Crippen molar-refractivity contribution in [3.63, 3.8) is 0 Å². The van der Waals surface area contributed by atoms with Gasteiger partial charge in [-0.3, -0.25) is 4.68 Å². The van der Waals surface area contributed by atoms with Crippen LogP contribution in [0.1, 0.15) is 24.8 Å². The van der Waals surface area contributed by atoms with Gasteiger partial charge in [0.05, 0.1) is 42.9 Å². The van der Waals surface area contributed by atoms with Gasteiger partial charge < -0.3 is 14.8 Å². The van der Waals surface area contributed by atoms with Crippen LogP contribution in [0.25, 0.3) is 11.3 Å². The first-order valence-corrected chi connectivity index (χ1v) is 10.0. The van der Waals surface area contributed by atoms with Gasteiger partial charge in [0.25, 0.3) is 0 Å². The molecule has 1 saturated carbocycles. The van der Waals surface area contributed by atoms with E-state index in [4.69, 9.17) is 9.47 Å². The monoisotopic (exact) mass is 404 g/mol. The van der Waals surface area contributed by atoms with Gasteiger partial charge in [0.15, 0.2) is 0 Å². The molecule has 0 amide bonds. The molecule has 4 rings (SSSR count). The van der Waals surface area contributed by atoms with E-state index in [9.17, 15) is 5.26 Å². The van der Waals surface area contributed by atoms with Gasteiger partial charge in [0.2, 0.25) is 5.95 Å². The molecular weight excluding hydrogens is 380 g/mol. The fraction of sp³-hybridized carbons (Fsp3) is 0.364. The van der Waals surface area contributed by atoms with Crippen LogP contribution in [0.3, 0.4) is 0 Å². The summed E-state index contributed by atoms with van der Waals surface area (Å²) in [7, 11) is 1.66. The molecule has 1 aliphatic carbocycles. The number of anilines is 2. The predicted octanol–water partition coefficient (Wildman–Crippen LogP) is 3.78. The molecule has 2 heterocycles. The normalized spacial score (nSPS) is 13.5. The Morgan fingerprint density at radius 3 is 2.97 bits per heavy atom. The van der Waals surface area contributed by atoms with Crippen LogP contribution < -0.4 is 10.1 Å². The number of nitriles is 1. The zero-order valence-electron chi connectivity index (χ0n) is 16.9. The molecule has 8 heteroatoms. The van der Waals surface area contributed by atoms with Crippen molar-refractivity contribution in [1.82, 2.24) is 19.7 Å². The van der Waals surface area contributed by atoms with Gasteiger partial charge in [0, 0.05) is 25.1 Å². The summed E-state index contributed by atoms with van der Waals surface area (Å²) >= 11 is 0. The summed E-state index contributed by atoms with van der Waals surface area (Å²) in [6.45, 7) is 1.94. The topological polar surface area (TPSA) is 97.9 Å². The number of ether oxygens (including phenoxy) is 2. The Morgan fingerprint density at radius 1 is 1.30 bits per heavy atom. The van der Waals surface area contributed by atoms with Crippen LogP contribution in [-0.4, -0.2) is 40.1 Å². The van der Waals surface area contributed by atoms with Crippen LogP contribution in [0.15, 0.2) is 42.9 Å². The Labute approximate surface area is 175 Å². The Balaban J connectivity index is 1.47. The van der Waals surface area contributed by atoms with Crippen molar-refractivity contribution in [3.05, 3.63) is 48.4 Å². The number of benzene rings is 1. The quantitative estimate of drug-likeness (QED) is 0.579. The lowest BCUT2D eigenvalue weighted by Gasteiger charge is -2.25. The minimum absolute atomic E-state index is 0.461. The largest absolute Gasteiger partial charge is 0.492 e. The van der Waals surface area contributed by atoms with Gasteiger partial charge in [-0.2, -0.15) is 10.4 Å². The lowest BCUT2D eigenvalue weighted by Crippen LogP contribution is -2.19. The first kappa shape index (κ1) is 19.9. The van der Waals surface area contributed by atoms with E-state index in [0.717, 1.165) is 16.9 Å². The summed E-state index contributed by atoms with van der Waals surface area (Å²) in [4.78, 5) is 8.86. The number of nitrogens with one attached hydrogen (secondary N) is 1. The van der Waals surface area contributed by atoms with Crippen molar-refractivity contribution in [2.45, 2.75) is 25.8 Å². The average Bonchev–Trinajstić information content (AvgIpc) is 3.18. The third kappa shape index (κ3) is 4.75. The molecule has 1 N–H and O–H groups in total. The number of methoxy groups -OCH3 is 1. The van der Waals surface area contributed by atoms with Gasteiger partial charge >= 0.3 is 0 Å². The van der Waals surface area contributed by atoms with Crippen molar-refractivity contribution >= 4 is 11.6 Å². The molecule has 8 nitrogen and oxygen atoms in total. The third-order valence-electron chi connectivity index (χ3n) is 5.16. The molecule has 2 aromatic heterocycles. The van der Waals surface area contributed by atoms with E-state index in [1.807, 2.05) is 30.5 Å². The van der Waals surface area contributed by atoms with Crippen LogP contribution in [0.4, 0.5) is 11.6 Å². The number of hydrogen-bond acceptors (Lipinski definition) is 7. The highest BCUT2D eigenvalue weighted by molar-refractivity contribution is 5.65. The summed E-state index contributed by atoms with van der Waals surface area (Å²) in [5, 5.41) is 17.0. The van der Waals surface area contributed by atoms with Crippen LogP contribution in [0.2, 0.25) is 0 Å². The lowest BCUT2D eigenvalue weighted by atomic mass is 9.86. The van der Waals surface area contributed by atoms with Gasteiger partial charge in [-0.05, 0) is 43.0 Å². The first-order chi connectivity index (χ1) is 14.7. The van der Waals surface area contributed by atoms with Crippen LogP contribution in [-0.2, 0) is 11.3 Å². The highest BCUT2D eigenvalue weighted by Gasteiger charge is 2.18. The second-order valence-corrected chi connectivity index (χ2v) is 7.31. The maximum absolute atomic E-state index is 9.55. The SMILES string of the molecule is COCCn1cc(Nc2nccc(-c3ccc(OCC4CCC4)c(C#N)c3)n2)cn1. The molecule has 154 valence electrons. The molecule has 0 unspecified atom stereocenters. The molecule has 3 aromatic rings. The fourth-order valence-electron chi connectivity index (χ4n) is 3.21. The minimum Gasteiger partial charge on any atom is -0.492 e.